The predicted molar refractivity (Wildman–Crippen MR) is 62.9 cm³/mol. The van der Waals surface area contributed by atoms with Gasteiger partial charge in [-0.05, 0) is 35.4 Å². The van der Waals surface area contributed by atoms with Gasteiger partial charge in [0.05, 0.1) is 6.54 Å². The number of nitrogens with zero attached hydrogens (tertiary/aromatic N) is 2. The standard InChI is InChI=1S/C11H15N3S/c1-14-6-5-13-11(14)8-12-4-2-10-3-7-15-9-10/h3,5-7,9,12H,2,4,8H2,1H3. The second kappa shape index (κ2) is 5.09. The van der Waals surface area contributed by atoms with Gasteiger partial charge in [-0.3, -0.25) is 0 Å². The number of hydrogen-bond acceptors (Lipinski definition) is 3. The van der Waals surface area contributed by atoms with Gasteiger partial charge in [-0.25, -0.2) is 4.98 Å². The van der Waals surface area contributed by atoms with Crippen LogP contribution in [-0.2, 0) is 20.0 Å². The molecule has 2 aromatic heterocycles. The van der Waals surface area contributed by atoms with Gasteiger partial charge < -0.3 is 9.88 Å². The topological polar surface area (TPSA) is 29.9 Å². The molecule has 0 aliphatic heterocycles. The van der Waals surface area contributed by atoms with Crippen molar-refractivity contribution in [2.75, 3.05) is 6.54 Å². The number of nitrogens with one attached hydrogen (secondary N) is 1. The Hall–Kier alpha value is -1.13. The van der Waals surface area contributed by atoms with Crippen molar-refractivity contribution in [3.8, 4) is 0 Å². The minimum Gasteiger partial charge on any atom is -0.337 e. The quantitative estimate of drug-likeness (QED) is 0.780. The molecule has 3 nitrogen and oxygen atoms in total. The fourth-order valence-corrected chi connectivity index (χ4v) is 2.14. The van der Waals surface area contributed by atoms with Crippen molar-refractivity contribution >= 4 is 11.3 Å². The van der Waals surface area contributed by atoms with E-state index in [4.69, 9.17) is 0 Å². The number of aromatic nitrogens is 2. The Morgan fingerprint density at radius 2 is 2.47 bits per heavy atom. The Kier molecular flexibility index (Phi) is 3.53. The summed E-state index contributed by atoms with van der Waals surface area (Å²) in [4.78, 5) is 4.25. The molecule has 0 aromatic carbocycles. The van der Waals surface area contributed by atoms with Gasteiger partial charge in [-0.2, -0.15) is 11.3 Å². The van der Waals surface area contributed by atoms with E-state index in [-0.39, 0.29) is 0 Å². The molecule has 0 radical (unpaired) electrons. The van der Waals surface area contributed by atoms with Gasteiger partial charge in [0.15, 0.2) is 0 Å². The molecule has 0 spiro atoms. The van der Waals surface area contributed by atoms with Gasteiger partial charge in [0.25, 0.3) is 0 Å². The number of thiophene rings is 1. The van der Waals surface area contributed by atoms with Gasteiger partial charge in [-0.15, -0.1) is 0 Å². The largest absolute Gasteiger partial charge is 0.337 e. The Labute approximate surface area is 93.8 Å². The zero-order valence-electron chi connectivity index (χ0n) is 8.81. The van der Waals surface area contributed by atoms with Crippen molar-refractivity contribution in [2.45, 2.75) is 13.0 Å². The first kappa shape index (κ1) is 10.4. The highest BCUT2D eigenvalue weighted by molar-refractivity contribution is 7.07. The molecule has 0 bridgehead atoms. The second-order valence-electron chi connectivity index (χ2n) is 3.51. The zero-order chi connectivity index (χ0) is 10.5. The van der Waals surface area contributed by atoms with Crippen LogP contribution in [0.4, 0.5) is 0 Å². The molecule has 0 fully saturated rings. The molecular formula is C11H15N3S. The normalized spacial score (nSPS) is 10.7. The fourth-order valence-electron chi connectivity index (χ4n) is 1.43. The first-order chi connectivity index (χ1) is 7.36. The van der Waals surface area contributed by atoms with Gasteiger partial charge in [0, 0.05) is 19.4 Å². The minimum atomic E-state index is 0.841. The highest BCUT2D eigenvalue weighted by atomic mass is 32.1. The highest BCUT2D eigenvalue weighted by Gasteiger charge is 1.98. The van der Waals surface area contributed by atoms with Gasteiger partial charge in [0.2, 0.25) is 0 Å². The molecule has 0 atom stereocenters. The molecule has 0 aliphatic rings. The van der Waals surface area contributed by atoms with Crippen molar-refractivity contribution in [3.05, 3.63) is 40.6 Å². The monoisotopic (exact) mass is 221 g/mol. The summed E-state index contributed by atoms with van der Waals surface area (Å²) in [5, 5.41) is 7.70. The average Bonchev–Trinajstić information content (AvgIpc) is 2.85. The summed E-state index contributed by atoms with van der Waals surface area (Å²) >= 11 is 1.75. The summed E-state index contributed by atoms with van der Waals surface area (Å²) in [7, 11) is 2.02. The molecule has 80 valence electrons. The zero-order valence-corrected chi connectivity index (χ0v) is 9.63. The van der Waals surface area contributed by atoms with Crippen molar-refractivity contribution in [1.82, 2.24) is 14.9 Å². The highest BCUT2D eigenvalue weighted by Crippen LogP contribution is 2.05. The third kappa shape index (κ3) is 2.91. The maximum atomic E-state index is 4.25. The SMILES string of the molecule is Cn1ccnc1CNCCc1ccsc1. The van der Waals surface area contributed by atoms with E-state index in [0.29, 0.717) is 0 Å². The maximum Gasteiger partial charge on any atom is 0.122 e. The second-order valence-corrected chi connectivity index (χ2v) is 4.29. The fraction of sp³-hybridized carbons (Fsp3) is 0.364. The van der Waals surface area contributed by atoms with E-state index in [2.05, 4.69) is 27.1 Å². The van der Waals surface area contributed by atoms with E-state index in [9.17, 15) is 0 Å². The molecular weight excluding hydrogens is 206 g/mol. The smallest absolute Gasteiger partial charge is 0.122 e. The summed E-state index contributed by atoms with van der Waals surface area (Å²) in [6.45, 7) is 1.84. The molecule has 2 rings (SSSR count). The van der Waals surface area contributed by atoms with Gasteiger partial charge in [-0.1, -0.05) is 0 Å². The molecule has 0 amide bonds. The summed E-state index contributed by atoms with van der Waals surface area (Å²) in [6.07, 6.45) is 4.89. The lowest BCUT2D eigenvalue weighted by atomic mass is 10.2. The van der Waals surface area contributed by atoms with E-state index in [1.165, 1.54) is 5.56 Å². The number of rotatable bonds is 5. The number of aryl methyl sites for hydroxylation is 1. The summed E-state index contributed by atoms with van der Waals surface area (Å²) < 4.78 is 2.04. The van der Waals surface area contributed by atoms with Crippen LogP contribution in [0.25, 0.3) is 0 Å². The predicted octanol–water partition coefficient (Wildman–Crippen LogP) is 1.81. The number of imidazole rings is 1. The molecule has 15 heavy (non-hydrogen) atoms. The van der Waals surface area contributed by atoms with Crippen LogP contribution >= 0.6 is 11.3 Å². The van der Waals surface area contributed by atoms with Gasteiger partial charge >= 0.3 is 0 Å². The van der Waals surface area contributed by atoms with Crippen LogP contribution in [0.1, 0.15) is 11.4 Å². The van der Waals surface area contributed by atoms with Gasteiger partial charge in [0.1, 0.15) is 5.82 Å². The van der Waals surface area contributed by atoms with Crippen molar-refractivity contribution in [3.63, 3.8) is 0 Å². The Bertz CT molecular complexity index is 392. The lowest BCUT2D eigenvalue weighted by molar-refractivity contribution is 0.638. The van der Waals surface area contributed by atoms with Crippen LogP contribution in [0, 0.1) is 0 Å². The van der Waals surface area contributed by atoms with Crippen molar-refractivity contribution in [1.29, 1.82) is 0 Å². The molecule has 2 aromatic rings. The Balaban J connectivity index is 1.70. The Morgan fingerprint density at radius 3 is 3.13 bits per heavy atom. The third-order valence-corrected chi connectivity index (χ3v) is 3.11. The lowest BCUT2D eigenvalue weighted by Gasteiger charge is -2.03. The van der Waals surface area contributed by atoms with Crippen LogP contribution in [0.2, 0.25) is 0 Å². The molecule has 0 aliphatic carbocycles. The molecule has 0 saturated carbocycles. The van der Waals surface area contributed by atoms with E-state index in [0.717, 1.165) is 25.3 Å². The van der Waals surface area contributed by atoms with Crippen molar-refractivity contribution in [2.24, 2.45) is 7.05 Å². The molecule has 0 saturated heterocycles. The maximum absolute atomic E-state index is 4.25. The number of hydrogen-bond donors (Lipinski definition) is 1. The van der Waals surface area contributed by atoms with Crippen molar-refractivity contribution < 1.29 is 0 Å². The lowest BCUT2D eigenvalue weighted by Crippen LogP contribution is -2.18. The first-order valence-corrected chi connectivity index (χ1v) is 5.98. The van der Waals surface area contributed by atoms with E-state index < -0.39 is 0 Å². The summed E-state index contributed by atoms with van der Waals surface area (Å²) in [6, 6.07) is 2.17. The first-order valence-electron chi connectivity index (χ1n) is 5.04. The van der Waals surface area contributed by atoms with Crippen LogP contribution in [0.3, 0.4) is 0 Å². The van der Waals surface area contributed by atoms with E-state index in [1.54, 1.807) is 11.3 Å². The minimum absolute atomic E-state index is 0.841. The van der Waals surface area contributed by atoms with Crippen LogP contribution in [0.15, 0.2) is 29.2 Å². The molecule has 2 heterocycles. The van der Waals surface area contributed by atoms with E-state index >= 15 is 0 Å². The molecule has 1 N–H and O–H groups in total. The summed E-state index contributed by atoms with van der Waals surface area (Å²) in [5.74, 6) is 1.08. The van der Waals surface area contributed by atoms with Crippen LogP contribution < -0.4 is 5.32 Å². The summed E-state index contributed by atoms with van der Waals surface area (Å²) in [5.41, 5.74) is 1.41. The Morgan fingerprint density at radius 1 is 1.53 bits per heavy atom. The van der Waals surface area contributed by atoms with Crippen LogP contribution in [-0.4, -0.2) is 16.1 Å². The van der Waals surface area contributed by atoms with E-state index in [1.807, 2.05) is 24.0 Å². The van der Waals surface area contributed by atoms with Crippen LogP contribution in [0.5, 0.6) is 0 Å². The molecule has 0 unspecified atom stereocenters. The molecule has 4 heteroatoms. The third-order valence-electron chi connectivity index (χ3n) is 2.37. The average molecular weight is 221 g/mol.